The number of amidine groups is 2. The van der Waals surface area contributed by atoms with Gasteiger partial charge in [-0.05, 0) is 55.0 Å². The monoisotopic (exact) mass is 364 g/mol. The smallest absolute Gasteiger partial charge is 0.228 e. The van der Waals surface area contributed by atoms with Crippen molar-refractivity contribution >= 4 is 34.9 Å². The van der Waals surface area contributed by atoms with Gasteiger partial charge in [-0.3, -0.25) is 20.4 Å². The fourth-order valence-corrected chi connectivity index (χ4v) is 2.71. The van der Waals surface area contributed by atoms with Crippen molar-refractivity contribution in [3.8, 4) is 0 Å². The Hall–Kier alpha value is -3.68. The van der Waals surface area contributed by atoms with E-state index in [9.17, 15) is 9.59 Å². The highest BCUT2D eigenvalue weighted by Gasteiger charge is 2.48. The van der Waals surface area contributed by atoms with Crippen LogP contribution in [0.2, 0.25) is 0 Å². The number of nitrogen functional groups attached to an aromatic ring is 2. The van der Waals surface area contributed by atoms with Crippen molar-refractivity contribution in [1.82, 2.24) is 0 Å². The molecule has 27 heavy (non-hydrogen) atoms. The van der Waals surface area contributed by atoms with Crippen molar-refractivity contribution in [2.75, 3.05) is 10.6 Å². The van der Waals surface area contributed by atoms with E-state index in [1.165, 1.54) is 0 Å². The summed E-state index contributed by atoms with van der Waals surface area (Å²) in [4.78, 5) is 24.6. The molecule has 3 rings (SSSR count). The molecular weight excluding hydrogens is 344 g/mol. The van der Waals surface area contributed by atoms with Crippen LogP contribution in [0.25, 0.3) is 0 Å². The molecule has 2 aromatic rings. The van der Waals surface area contributed by atoms with E-state index < -0.39 is 0 Å². The van der Waals surface area contributed by atoms with Gasteiger partial charge < -0.3 is 22.1 Å². The third-order valence-corrected chi connectivity index (χ3v) is 4.39. The van der Waals surface area contributed by atoms with Crippen LogP contribution in [-0.2, 0) is 9.59 Å². The van der Waals surface area contributed by atoms with Crippen molar-refractivity contribution in [3.63, 3.8) is 0 Å². The minimum Gasteiger partial charge on any atom is -0.384 e. The average molecular weight is 364 g/mol. The number of carbonyl (C=O) groups is 2. The third-order valence-electron chi connectivity index (χ3n) is 4.39. The van der Waals surface area contributed by atoms with Crippen molar-refractivity contribution in [3.05, 3.63) is 59.7 Å². The molecular formula is C19H20N6O2. The maximum absolute atomic E-state index is 12.3. The first-order chi connectivity index (χ1) is 12.8. The maximum Gasteiger partial charge on any atom is 0.228 e. The molecule has 1 aliphatic rings. The number of amides is 2. The van der Waals surface area contributed by atoms with E-state index in [4.69, 9.17) is 22.3 Å². The standard InChI is InChI=1S/C19H20N6O2/c20-16(21)10-1-5-12(6-2-10)24-18(26)14-9-15(14)19(27)25-13-7-3-11(4-8-13)17(22)23/h1-8,14-15H,9H2,(H3,20,21)(H3,22,23)(H,24,26)(H,25,27)/t14-,15-/m1/s1. The van der Waals surface area contributed by atoms with Gasteiger partial charge in [0.2, 0.25) is 11.8 Å². The highest BCUT2D eigenvalue weighted by molar-refractivity contribution is 6.04. The second-order valence-corrected chi connectivity index (χ2v) is 6.41. The molecule has 8 heteroatoms. The summed E-state index contributed by atoms with van der Waals surface area (Å²) in [5, 5.41) is 20.2. The number of anilines is 2. The van der Waals surface area contributed by atoms with Gasteiger partial charge >= 0.3 is 0 Å². The van der Waals surface area contributed by atoms with Gasteiger partial charge in [-0.15, -0.1) is 0 Å². The second kappa shape index (κ2) is 7.28. The number of nitrogens with two attached hydrogens (primary N) is 2. The van der Waals surface area contributed by atoms with Gasteiger partial charge in [0.15, 0.2) is 0 Å². The van der Waals surface area contributed by atoms with Crippen LogP contribution in [-0.4, -0.2) is 23.5 Å². The Bertz CT molecular complexity index is 829. The average Bonchev–Trinajstić information content (AvgIpc) is 3.43. The molecule has 0 aliphatic heterocycles. The third kappa shape index (κ3) is 4.30. The number of rotatable bonds is 6. The lowest BCUT2D eigenvalue weighted by atomic mass is 10.2. The largest absolute Gasteiger partial charge is 0.384 e. The van der Waals surface area contributed by atoms with E-state index in [2.05, 4.69) is 10.6 Å². The quantitative estimate of drug-likeness (QED) is 0.339. The van der Waals surface area contributed by atoms with Gasteiger partial charge in [0.1, 0.15) is 11.7 Å². The van der Waals surface area contributed by atoms with Gasteiger partial charge in [-0.25, -0.2) is 0 Å². The van der Waals surface area contributed by atoms with E-state index in [-0.39, 0.29) is 35.3 Å². The van der Waals surface area contributed by atoms with Gasteiger partial charge in [-0.1, -0.05) is 0 Å². The summed E-state index contributed by atoms with van der Waals surface area (Å²) in [5.41, 5.74) is 13.1. The van der Waals surface area contributed by atoms with E-state index in [0.29, 0.717) is 28.9 Å². The Kier molecular flexibility index (Phi) is 4.89. The first-order valence-corrected chi connectivity index (χ1v) is 8.36. The van der Waals surface area contributed by atoms with Crippen LogP contribution in [0.1, 0.15) is 17.5 Å². The molecule has 0 heterocycles. The zero-order chi connectivity index (χ0) is 19.6. The minimum atomic E-state index is -0.367. The molecule has 0 saturated heterocycles. The predicted octanol–water partition coefficient (Wildman–Crippen LogP) is 1.47. The lowest BCUT2D eigenvalue weighted by Gasteiger charge is -2.07. The maximum atomic E-state index is 12.3. The Morgan fingerprint density at radius 3 is 1.37 bits per heavy atom. The zero-order valence-electron chi connectivity index (χ0n) is 14.5. The minimum absolute atomic E-state index is 0.0388. The van der Waals surface area contributed by atoms with Crippen LogP contribution in [0.15, 0.2) is 48.5 Å². The van der Waals surface area contributed by atoms with Crippen LogP contribution in [0.5, 0.6) is 0 Å². The summed E-state index contributed by atoms with van der Waals surface area (Å²) >= 11 is 0. The van der Waals surface area contributed by atoms with Crippen LogP contribution in [0.4, 0.5) is 11.4 Å². The summed E-state index contributed by atoms with van der Waals surface area (Å²) < 4.78 is 0. The predicted molar refractivity (Wildman–Crippen MR) is 104 cm³/mol. The highest BCUT2D eigenvalue weighted by Crippen LogP contribution is 2.40. The zero-order valence-corrected chi connectivity index (χ0v) is 14.5. The lowest BCUT2D eigenvalue weighted by molar-refractivity contribution is -0.122. The van der Waals surface area contributed by atoms with Crippen LogP contribution in [0.3, 0.4) is 0 Å². The summed E-state index contributed by atoms with van der Waals surface area (Å²) in [6, 6.07) is 13.3. The molecule has 8 nitrogen and oxygen atoms in total. The molecule has 2 atom stereocenters. The van der Waals surface area contributed by atoms with E-state index in [1.54, 1.807) is 48.5 Å². The molecule has 8 N–H and O–H groups in total. The number of hydrogen-bond acceptors (Lipinski definition) is 4. The topological polar surface area (TPSA) is 158 Å². The van der Waals surface area contributed by atoms with E-state index in [1.807, 2.05) is 0 Å². The van der Waals surface area contributed by atoms with Gasteiger partial charge in [0.25, 0.3) is 0 Å². The molecule has 2 amide bonds. The van der Waals surface area contributed by atoms with Crippen molar-refractivity contribution in [2.24, 2.45) is 23.3 Å². The molecule has 1 fully saturated rings. The molecule has 0 spiro atoms. The van der Waals surface area contributed by atoms with Crippen molar-refractivity contribution in [2.45, 2.75) is 6.42 Å². The number of benzene rings is 2. The van der Waals surface area contributed by atoms with Crippen LogP contribution < -0.4 is 22.1 Å². The van der Waals surface area contributed by atoms with Gasteiger partial charge in [-0.2, -0.15) is 0 Å². The van der Waals surface area contributed by atoms with E-state index in [0.717, 1.165) is 0 Å². The highest BCUT2D eigenvalue weighted by atomic mass is 16.2. The summed E-state index contributed by atoms with van der Waals surface area (Å²) in [6.45, 7) is 0. The molecule has 0 radical (unpaired) electrons. The van der Waals surface area contributed by atoms with Gasteiger partial charge in [0, 0.05) is 22.5 Å². The Balaban J connectivity index is 1.53. The fourth-order valence-electron chi connectivity index (χ4n) is 2.71. The summed E-state index contributed by atoms with van der Waals surface area (Å²) in [6.07, 6.45) is 0.495. The Morgan fingerprint density at radius 2 is 1.07 bits per heavy atom. The number of nitrogens with one attached hydrogen (secondary N) is 4. The lowest BCUT2D eigenvalue weighted by Crippen LogP contribution is -2.20. The van der Waals surface area contributed by atoms with Crippen molar-refractivity contribution in [1.29, 1.82) is 10.8 Å². The molecule has 0 aromatic heterocycles. The SMILES string of the molecule is N=C(N)c1ccc(NC(=O)[C@@H]2C[C@H]2C(=O)Nc2ccc(C(=N)N)cc2)cc1. The summed E-state index contributed by atoms with van der Waals surface area (Å²) in [7, 11) is 0. The normalized spacial score (nSPS) is 17.6. The van der Waals surface area contributed by atoms with Crippen LogP contribution in [0, 0.1) is 22.7 Å². The Morgan fingerprint density at radius 1 is 0.741 bits per heavy atom. The molecule has 1 aliphatic carbocycles. The molecule has 138 valence electrons. The first kappa shape index (κ1) is 18.1. The molecule has 1 saturated carbocycles. The van der Waals surface area contributed by atoms with Crippen LogP contribution >= 0.6 is 0 Å². The molecule has 0 bridgehead atoms. The van der Waals surface area contributed by atoms with Gasteiger partial charge in [0.05, 0.1) is 11.8 Å². The fraction of sp³-hybridized carbons (Fsp3) is 0.158. The molecule has 0 unspecified atom stereocenters. The Labute approximate surface area is 156 Å². The molecule has 2 aromatic carbocycles. The van der Waals surface area contributed by atoms with E-state index >= 15 is 0 Å². The number of carbonyl (C=O) groups excluding carboxylic acids is 2. The summed E-state index contributed by atoms with van der Waals surface area (Å²) in [5.74, 6) is -1.23. The van der Waals surface area contributed by atoms with Crippen molar-refractivity contribution < 1.29 is 9.59 Å². The number of hydrogen-bond donors (Lipinski definition) is 6. The second-order valence-electron chi connectivity index (χ2n) is 6.41. The first-order valence-electron chi connectivity index (χ1n) is 8.36.